The lowest BCUT2D eigenvalue weighted by Gasteiger charge is -2.19. The molecule has 0 aliphatic rings. The summed E-state index contributed by atoms with van der Waals surface area (Å²) in [5.41, 5.74) is 0.218. The number of amides is 1. The Morgan fingerprint density at radius 1 is 1.45 bits per heavy atom. The molecule has 0 saturated heterocycles. The minimum atomic E-state index is -0.673. The molecule has 0 spiro atoms. The number of carbonyl (C=O) groups excluding carboxylic acids is 1. The van der Waals surface area contributed by atoms with Gasteiger partial charge in [0.25, 0.3) is 5.89 Å². The van der Waals surface area contributed by atoms with E-state index < -0.39 is 5.76 Å². The third-order valence-electron chi connectivity index (χ3n) is 2.32. The molecule has 7 heteroatoms. The molecular formula is C13H16N4O3. The van der Waals surface area contributed by atoms with Gasteiger partial charge in [0.15, 0.2) is 0 Å². The second kappa shape index (κ2) is 5.28. The van der Waals surface area contributed by atoms with Gasteiger partial charge in [-0.1, -0.05) is 0 Å². The fourth-order valence-electron chi connectivity index (χ4n) is 1.61. The number of nitrogens with one attached hydrogen (secondary N) is 1. The summed E-state index contributed by atoms with van der Waals surface area (Å²) in [7, 11) is 0. The Morgan fingerprint density at radius 3 is 2.80 bits per heavy atom. The van der Waals surface area contributed by atoms with Crippen molar-refractivity contribution in [3.63, 3.8) is 0 Å². The quantitative estimate of drug-likeness (QED) is 0.896. The fourth-order valence-corrected chi connectivity index (χ4v) is 1.61. The highest BCUT2D eigenvalue weighted by atomic mass is 16.4. The van der Waals surface area contributed by atoms with Gasteiger partial charge < -0.3 is 9.73 Å². The zero-order valence-electron chi connectivity index (χ0n) is 11.6. The molecule has 0 aliphatic carbocycles. The highest BCUT2D eigenvalue weighted by molar-refractivity contribution is 5.76. The molecule has 2 rings (SSSR count). The van der Waals surface area contributed by atoms with Gasteiger partial charge in [0.1, 0.15) is 6.54 Å². The topological polar surface area (TPSA) is 90.0 Å². The standard InChI is InChI=1S/C13H16N4O3/c1-13(2,3)15-10(18)8-17-12(19)20-11(16-17)9-5-4-6-14-7-9/h4-7H,8H2,1-3H3,(H,15,18). The third-order valence-corrected chi connectivity index (χ3v) is 2.32. The SMILES string of the molecule is CC(C)(C)NC(=O)Cn1nc(-c2cccnc2)oc1=O. The number of aromatic nitrogens is 3. The van der Waals surface area contributed by atoms with Crippen molar-refractivity contribution < 1.29 is 9.21 Å². The van der Waals surface area contributed by atoms with E-state index in [1.807, 2.05) is 20.8 Å². The lowest BCUT2D eigenvalue weighted by atomic mass is 10.1. The maximum Gasteiger partial charge on any atom is 0.437 e. The van der Waals surface area contributed by atoms with E-state index in [1.54, 1.807) is 18.3 Å². The van der Waals surface area contributed by atoms with Crippen LogP contribution in [0.15, 0.2) is 33.7 Å². The molecule has 106 valence electrons. The molecule has 0 bridgehead atoms. The molecule has 0 aliphatic heterocycles. The van der Waals surface area contributed by atoms with Gasteiger partial charge in [-0.25, -0.2) is 4.79 Å². The predicted octanol–water partition coefficient (Wildman–Crippen LogP) is 0.813. The Bertz CT molecular complexity index is 652. The summed E-state index contributed by atoms with van der Waals surface area (Å²) in [5, 5.41) is 6.74. The van der Waals surface area contributed by atoms with Crippen molar-refractivity contribution in [2.75, 3.05) is 0 Å². The normalized spacial score (nSPS) is 11.3. The van der Waals surface area contributed by atoms with Gasteiger partial charge in [0.05, 0.1) is 5.56 Å². The maximum absolute atomic E-state index is 11.8. The first-order chi connectivity index (χ1) is 9.35. The van der Waals surface area contributed by atoms with Crippen molar-refractivity contribution >= 4 is 5.91 Å². The Labute approximate surface area is 115 Å². The molecule has 0 saturated carbocycles. The summed E-state index contributed by atoms with van der Waals surface area (Å²) in [6.07, 6.45) is 3.14. The lowest BCUT2D eigenvalue weighted by molar-refractivity contribution is -0.123. The number of rotatable bonds is 3. The zero-order chi connectivity index (χ0) is 14.8. The van der Waals surface area contributed by atoms with Crippen molar-refractivity contribution in [3.05, 3.63) is 35.1 Å². The molecule has 20 heavy (non-hydrogen) atoms. The number of carbonyl (C=O) groups is 1. The van der Waals surface area contributed by atoms with Crippen molar-refractivity contribution in [1.29, 1.82) is 0 Å². The van der Waals surface area contributed by atoms with Crippen LogP contribution in [0.2, 0.25) is 0 Å². The van der Waals surface area contributed by atoms with Crippen LogP contribution in [0, 0.1) is 0 Å². The number of pyridine rings is 1. The molecule has 0 aromatic carbocycles. The molecule has 2 aromatic rings. The van der Waals surface area contributed by atoms with Crippen LogP contribution in [0.3, 0.4) is 0 Å². The largest absolute Gasteiger partial charge is 0.437 e. The van der Waals surface area contributed by atoms with E-state index in [4.69, 9.17) is 4.42 Å². The first-order valence-electron chi connectivity index (χ1n) is 6.14. The van der Waals surface area contributed by atoms with Crippen LogP contribution in [-0.2, 0) is 11.3 Å². The van der Waals surface area contributed by atoms with E-state index in [2.05, 4.69) is 15.4 Å². The van der Waals surface area contributed by atoms with Crippen molar-refractivity contribution in [1.82, 2.24) is 20.1 Å². The molecular weight excluding hydrogens is 260 g/mol. The van der Waals surface area contributed by atoms with E-state index in [1.165, 1.54) is 6.20 Å². The highest BCUT2D eigenvalue weighted by Crippen LogP contribution is 2.12. The number of nitrogens with zero attached hydrogens (tertiary/aromatic N) is 3. The molecule has 1 N–H and O–H groups in total. The molecule has 1 amide bonds. The van der Waals surface area contributed by atoms with Crippen LogP contribution in [0.5, 0.6) is 0 Å². The average Bonchev–Trinajstić information content (AvgIpc) is 2.70. The van der Waals surface area contributed by atoms with E-state index in [-0.39, 0.29) is 23.9 Å². The van der Waals surface area contributed by atoms with Gasteiger partial charge in [0, 0.05) is 17.9 Å². The number of hydrogen-bond donors (Lipinski definition) is 1. The van der Waals surface area contributed by atoms with Crippen molar-refractivity contribution in [2.24, 2.45) is 0 Å². The lowest BCUT2D eigenvalue weighted by Crippen LogP contribution is -2.43. The Kier molecular flexibility index (Phi) is 3.69. The molecule has 0 atom stereocenters. The Morgan fingerprint density at radius 2 is 2.20 bits per heavy atom. The molecule has 2 aromatic heterocycles. The monoisotopic (exact) mass is 276 g/mol. The van der Waals surface area contributed by atoms with E-state index in [9.17, 15) is 9.59 Å². The van der Waals surface area contributed by atoms with Gasteiger partial charge in [-0.3, -0.25) is 9.78 Å². The van der Waals surface area contributed by atoms with E-state index >= 15 is 0 Å². The Balaban J connectivity index is 2.17. The molecule has 0 radical (unpaired) electrons. The minimum absolute atomic E-state index is 0.145. The maximum atomic E-state index is 11.8. The highest BCUT2D eigenvalue weighted by Gasteiger charge is 2.17. The van der Waals surface area contributed by atoms with Crippen LogP contribution in [-0.4, -0.2) is 26.2 Å². The summed E-state index contributed by atoms with van der Waals surface area (Å²) in [4.78, 5) is 27.3. The van der Waals surface area contributed by atoms with Crippen LogP contribution < -0.4 is 11.1 Å². The van der Waals surface area contributed by atoms with Gasteiger partial charge in [-0.2, -0.15) is 4.68 Å². The van der Waals surface area contributed by atoms with Crippen LogP contribution >= 0.6 is 0 Å². The molecule has 0 fully saturated rings. The number of hydrogen-bond acceptors (Lipinski definition) is 5. The van der Waals surface area contributed by atoms with Gasteiger partial charge in [-0.15, -0.1) is 5.10 Å². The summed E-state index contributed by atoms with van der Waals surface area (Å²) in [6, 6.07) is 3.43. The van der Waals surface area contributed by atoms with Crippen molar-refractivity contribution in [2.45, 2.75) is 32.9 Å². The van der Waals surface area contributed by atoms with Crippen molar-refractivity contribution in [3.8, 4) is 11.5 Å². The van der Waals surface area contributed by atoms with Gasteiger partial charge in [-0.05, 0) is 32.9 Å². The smallest absolute Gasteiger partial charge is 0.388 e. The second-order valence-corrected chi connectivity index (χ2v) is 5.37. The van der Waals surface area contributed by atoms with Crippen LogP contribution in [0.4, 0.5) is 0 Å². The summed E-state index contributed by atoms with van der Waals surface area (Å²) >= 11 is 0. The van der Waals surface area contributed by atoms with E-state index in [0.29, 0.717) is 5.56 Å². The molecule has 7 nitrogen and oxygen atoms in total. The minimum Gasteiger partial charge on any atom is -0.388 e. The third kappa shape index (κ3) is 3.53. The molecule has 2 heterocycles. The Hall–Kier alpha value is -2.44. The summed E-state index contributed by atoms with van der Waals surface area (Å²) in [5.74, 6) is -0.829. The second-order valence-electron chi connectivity index (χ2n) is 5.37. The predicted molar refractivity (Wildman–Crippen MR) is 71.9 cm³/mol. The van der Waals surface area contributed by atoms with Crippen LogP contribution in [0.25, 0.3) is 11.5 Å². The van der Waals surface area contributed by atoms with Gasteiger partial charge in [0.2, 0.25) is 5.91 Å². The zero-order valence-corrected chi connectivity index (χ0v) is 11.6. The summed E-state index contributed by atoms with van der Waals surface area (Å²) < 4.78 is 6.00. The average molecular weight is 276 g/mol. The first kappa shape index (κ1) is 14.0. The first-order valence-corrected chi connectivity index (χ1v) is 6.14. The van der Waals surface area contributed by atoms with Gasteiger partial charge >= 0.3 is 5.76 Å². The fraction of sp³-hybridized carbons (Fsp3) is 0.385. The summed E-state index contributed by atoms with van der Waals surface area (Å²) in [6.45, 7) is 5.40. The molecule has 0 unspecified atom stereocenters. The van der Waals surface area contributed by atoms with Crippen LogP contribution in [0.1, 0.15) is 20.8 Å². The van der Waals surface area contributed by atoms with E-state index in [0.717, 1.165) is 4.68 Å².